The van der Waals surface area contributed by atoms with E-state index in [-0.39, 0.29) is 5.54 Å². The second-order valence-electron chi connectivity index (χ2n) is 8.81. The third kappa shape index (κ3) is 5.56. The number of anilines is 1. The van der Waals surface area contributed by atoms with Gasteiger partial charge in [0.2, 0.25) is 0 Å². The standard InChI is InChI=1S/C21H32N2.C2HF3O2/c1-15-8-7-9-18(16(15)2)19-14-17(10-11-20(19)22)21(3,4)23-12-5-6-13-23;3-2(4,5)1(6)7/h10-11,14-15H,5-9,12-13,22H2,1-4H3;(H,6,7). The van der Waals surface area contributed by atoms with Crippen molar-refractivity contribution in [1.82, 2.24) is 4.90 Å². The third-order valence-electron chi connectivity index (χ3n) is 6.50. The van der Waals surface area contributed by atoms with Crippen LogP contribution in [0, 0.1) is 5.92 Å². The Balaban J connectivity index is 0.000000396. The summed E-state index contributed by atoms with van der Waals surface area (Å²) in [5, 5.41) is 7.12. The van der Waals surface area contributed by atoms with Crippen LogP contribution in [0.3, 0.4) is 0 Å². The van der Waals surface area contributed by atoms with Crippen LogP contribution >= 0.6 is 0 Å². The molecule has 3 N–H and O–H groups in total. The minimum atomic E-state index is -5.08. The van der Waals surface area contributed by atoms with Crippen LogP contribution in [0.15, 0.2) is 23.8 Å². The van der Waals surface area contributed by atoms with E-state index in [1.54, 1.807) is 5.57 Å². The van der Waals surface area contributed by atoms with Gasteiger partial charge in [0.05, 0.1) is 0 Å². The summed E-state index contributed by atoms with van der Waals surface area (Å²) in [5.41, 5.74) is 13.1. The molecule has 1 aromatic carbocycles. The fourth-order valence-corrected chi connectivity index (χ4v) is 4.30. The van der Waals surface area contributed by atoms with Gasteiger partial charge >= 0.3 is 12.1 Å². The topological polar surface area (TPSA) is 66.6 Å². The van der Waals surface area contributed by atoms with Crippen LogP contribution < -0.4 is 5.73 Å². The molecule has 1 heterocycles. The van der Waals surface area contributed by atoms with Gasteiger partial charge in [0.15, 0.2) is 0 Å². The van der Waals surface area contributed by atoms with Gasteiger partial charge in [-0.15, -0.1) is 0 Å². The van der Waals surface area contributed by atoms with Crippen LogP contribution in [0.2, 0.25) is 0 Å². The van der Waals surface area contributed by atoms with Gasteiger partial charge in [0.1, 0.15) is 0 Å². The van der Waals surface area contributed by atoms with Crippen molar-refractivity contribution < 1.29 is 23.1 Å². The highest BCUT2D eigenvalue weighted by Gasteiger charge is 2.38. The number of halogens is 3. The molecule has 1 fully saturated rings. The molecule has 0 saturated carbocycles. The molecule has 4 nitrogen and oxygen atoms in total. The molecular weight excluding hydrogens is 393 g/mol. The number of rotatable bonds is 3. The number of carboxylic acids is 1. The second-order valence-corrected chi connectivity index (χ2v) is 8.81. The first-order valence-electron chi connectivity index (χ1n) is 10.5. The van der Waals surface area contributed by atoms with Crippen LogP contribution in [0.5, 0.6) is 0 Å². The summed E-state index contributed by atoms with van der Waals surface area (Å²) in [6.45, 7) is 11.8. The normalized spacial score (nSPS) is 20.7. The smallest absolute Gasteiger partial charge is 0.475 e. The average Bonchev–Trinajstić information content (AvgIpc) is 3.20. The number of nitrogen functional groups attached to an aromatic ring is 1. The van der Waals surface area contributed by atoms with E-state index in [2.05, 4.69) is 50.8 Å². The lowest BCUT2D eigenvalue weighted by Gasteiger charge is -2.36. The molecular formula is C23H33F3N2O2. The van der Waals surface area contributed by atoms with Crippen molar-refractivity contribution >= 4 is 17.2 Å². The maximum absolute atomic E-state index is 10.6. The number of aliphatic carboxylic acids is 1. The molecule has 0 aromatic heterocycles. The van der Waals surface area contributed by atoms with Crippen molar-refractivity contribution in [3.63, 3.8) is 0 Å². The lowest BCUT2D eigenvalue weighted by atomic mass is 9.80. The van der Waals surface area contributed by atoms with E-state index in [1.165, 1.54) is 61.9 Å². The first-order valence-corrected chi connectivity index (χ1v) is 10.5. The number of carbonyl (C=O) groups is 1. The van der Waals surface area contributed by atoms with Gasteiger partial charge in [-0.1, -0.05) is 18.6 Å². The fraction of sp³-hybridized carbons (Fsp3) is 0.609. The van der Waals surface area contributed by atoms with Crippen molar-refractivity contribution in [2.75, 3.05) is 18.8 Å². The summed E-state index contributed by atoms with van der Waals surface area (Å²) in [6.07, 6.45) is 1.34. The second kappa shape index (κ2) is 9.41. The first kappa shape index (κ1) is 24.3. The van der Waals surface area contributed by atoms with E-state index in [4.69, 9.17) is 15.6 Å². The molecule has 1 aromatic rings. The zero-order valence-corrected chi connectivity index (χ0v) is 18.3. The van der Waals surface area contributed by atoms with Gasteiger partial charge in [0.25, 0.3) is 0 Å². The van der Waals surface area contributed by atoms with Gasteiger partial charge in [-0.25, -0.2) is 4.79 Å². The Hall–Kier alpha value is -2.02. The van der Waals surface area contributed by atoms with Crippen molar-refractivity contribution in [2.45, 2.75) is 71.5 Å². The number of benzene rings is 1. The SMILES string of the molecule is CC1=C(c2cc(C(C)(C)N3CCCC3)ccc2N)CCCC1C.O=C(O)C(F)(F)F. The molecule has 0 spiro atoms. The summed E-state index contributed by atoms with van der Waals surface area (Å²) < 4.78 is 31.7. The molecule has 1 aliphatic carbocycles. The van der Waals surface area contributed by atoms with E-state index in [0.29, 0.717) is 5.92 Å². The Bertz CT molecular complexity index is 794. The molecule has 3 rings (SSSR count). The van der Waals surface area contributed by atoms with Gasteiger partial charge in [-0.3, -0.25) is 4.90 Å². The van der Waals surface area contributed by atoms with Crippen LogP contribution in [0.25, 0.3) is 5.57 Å². The summed E-state index contributed by atoms with van der Waals surface area (Å²) >= 11 is 0. The van der Waals surface area contributed by atoms with E-state index in [1.807, 2.05) is 0 Å². The Morgan fingerprint density at radius 2 is 1.73 bits per heavy atom. The zero-order valence-electron chi connectivity index (χ0n) is 18.3. The molecule has 1 atom stereocenters. The van der Waals surface area contributed by atoms with E-state index in [9.17, 15) is 13.2 Å². The van der Waals surface area contributed by atoms with Gasteiger partial charge < -0.3 is 10.8 Å². The summed E-state index contributed by atoms with van der Waals surface area (Å²) in [4.78, 5) is 11.5. The Morgan fingerprint density at radius 3 is 2.27 bits per heavy atom. The highest BCUT2D eigenvalue weighted by atomic mass is 19.4. The lowest BCUT2D eigenvalue weighted by molar-refractivity contribution is -0.192. The fourth-order valence-electron chi connectivity index (χ4n) is 4.30. The van der Waals surface area contributed by atoms with Crippen molar-refractivity contribution in [2.24, 2.45) is 5.92 Å². The number of nitrogens with two attached hydrogens (primary N) is 1. The molecule has 2 aliphatic rings. The maximum atomic E-state index is 10.6. The van der Waals surface area contributed by atoms with E-state index >= 15 is 0 Å². The Morgan fingerprint density at radius 1 is 1.17 bits per heavy atom. The summed E-state index contributed by atoms with van der Waals surface area (Å²) in [7, 11) is 0. The summed E-state index contributed by atoms with van der Waals surface area (Å²) in [6, 6.07) is 6.74. The molecule has 30 heavy (non-hydrogen) atoms. The van der Waals surface area contributed by atoms with Crippen LogP contribution in [-0.4, -0.2) is 35.2 Å². The largest absolute Gasteiger partial charge is 0.490 e. The number of likely N-dealkylation sites (tertiary alicyclic amines) is 1. The monoisotopic (exact) mass is 426 g/mol. The summed E-state index contributed by atoms with van der Waals surface area (Å²) in [5.74, 6) is -2.07. The quantitative estimate of drug-likeness (QED) is 0.597. The minimum Gasteiger partial charge on any atom is -0.475 e. The van der Waals surface area contributed by atoms with Crippen LogP contribution in [0.4, 0.5) is 18.9 Å². The van der Waals surface area contributed by atoms with Crippen molar-refractivity contribution in [3.05, 3.63) is 34.9 Å². The number of carboxylic acid groups (broad SMARTS) is 1. The van der Waals surface area contributed by atoms with Gasteiger partial charge in [0, 0.05) is 16.8 Å². The number of allylic oxidation sites excluding steroid dienone is 2. The van der Waals surface area contributed by atoms with Crippen molar-refractivity contribution in [1.29, 1.82) is 0 Å². The Kier molecular flexibility index (Phi) is 7.61. The highest BCUT2D eigenvalue weighted by Crippen LogP contribution is 2.40. The average molecular weight is 427 g/mol. The Labute approximate surface area is 176 Å². The molecule has 0 amide bonds. The highest BCUT2D eigenvalue weighted by molar-refractivity contribution is 5.78. The molecule has 1 saturated heterocycles. The molecule has 0 radical (unpaired) electrons. The predicted octanol–water partition coefficient (Wildman–Crippen LogP) is 5.83. The van der Waals surface area contributed by atoms with Crippen LogP contribution in [0.1, 0.15) is 70.9 Å². The number of alkyl halides is 3. The molecule has 7 heteroatoms. The number of hydrogen-bond donors (Lipinski definition) is 2. The lowest BCUT2D eigenvalue weighted by Crippen LogP contribution is -2.39. The molecule has 0 bridgehead atoms. The zero-order chi connectivity index (χ0) is 22.7. The molecule has 1 aliphatic heterocycles. The van der Waals surface area contributed by atoms with E-state index < -0.39 is 12.1 Å². The number of hydrogen-bond acceptors (Lipinski definition) is 3. The number of nitrogens with zero attached hydrogens (tertiary/aromatic N) is 1. The first-order chi connectivity index (χ1) is 13.9. The van der Waals surface area contributed by atoms with Crippen molar-refractivity contribution in [3.8, 4) is 0 Å². The van der Waals surface area contributed by atoms with Gasteiger partial charge in [-0.2, -0.15) is 13.2 Å². The third-order valence-corrected chi connectivity index (χ3v) is 6.50. The van der Waals surface area contributed by atoms with E-state index in [0.717, 1.165) is 5.69 Å². The molecule has 1 unspecified atom stereocenters. The minimum absolute atomic E-state index is 0.0910. The van der Waals surface area contributed by atoms with Gasteiger partial charge in [-0.05, 0) is 95.2 Å². The maximum Gasteiger partial charge on any atom is 0.490 e. The van der Waals surface area contributed by atoms with Crippen LogP contribution in [-0.2, 0) is 10.3 Å². The molecule has 168 valence electrons. The predicted molar refractivity (Wildman–Crippen MR) is 114 cm³/mol.